The molecular formula is C21H22N4O3S. The number of amides is 1. The topological polar surface area (TPSA) is 112 Å². The van der Waals surface area contributed by atoms with Crippen molar-refractivity contribution in [1.82, 2.24) is 4.98 Å². The SMILES string of the molecule is CCOc1ccc(N(c2nc(N)c(C(=O)c3ccccc3)s2)[C@H](C)C(N)=O)cc1. The van der Waals surface area contributed by atoms with E-state index < -0.39 is 11.9 Å². The van der Waals surface area contributed by atoms with Crippen molar-refractivity contribution in [2.24, 2.45) is 5.73 Å². The van der Waals surface area contributed by atoms with Gasteiger partial charge in [-0.3, -0.25) is 9.59 Å². The number of carbonyl (C=O) groups excluding carboxylic acids is 2. The van der Waals surface area contributed by atoms with Gasteiger partial charge in [0.05, 0.1) is 6.61 Å². The molecule has 0 bridgehead atoms. The number of ether oxygens (including phenoxy) is 1. The number of nitrogens with two attached hydrogens (primary N) is 2. The third-order valence-corrected chi connectivity index (χ3v) is 5.38. The second kappa shape index (κ2) is 8.74. The van der Waals surface area contributed by atoms with Crippen molar-refractivity contribution >= 4 is 39.7 Å². The molecule has 1 atom stereocenters. The van der Waals surface area contributed by atoms with Crippen molar-refractivity contribution in [2.45, 2.75) is 19.9 Å². The van der Waals surface area contributed by atoms with E-state index in [9.17, 15) is 9.59 Å². The zero-order chi connectivity index (χ0) is 21.0. The van der Waals surface area contributed by atoms with Crippen molar-refractivity contribution < 1.29 is 14.3 Å². The molecule has 0 unspecified atom stereocenters. The van der Waals surface area contributed by atoms with E-state index >= 15 is 0 Å². The third kappa shape index (κ3) is 4.38. The number of thiazole rings is 1. The van der Waals surface area contributed by atoms with Crippen LogP contribution in [0, 0.1) is 0 Å². The van der Waals surface area contributed by atoms with Gasteiger partial charge >= 0.3 is 0 Å². The van der Waals surface area contributed by atoms with E-state index in [1.54, 1.807) is 60.4 Å². The normalized spacial score (nSPS) is 11.7. The Bertz CT molecular complexity index is 1000. The van der Waals surface area contributed by atoms with E-state index in [-0.39, 0.29) is 11.6 Å². The molecule has 2 aromatic carbocycles. The minimum absolute atomic E-state index is 0.117. The fourth-order valence-electron chi connectivity index (χ4n) is 2.80. The van der Waals surface area contributed by atoms with Crippen LogP contribution in [0.5, 0.6) is 5.75 Å². The summed E-state index contributed by atoms with van der Waals surface area (Å²) in [5.41, 5.74) is 12.8. The van der Waals surface area contributed by atoms with E-state index in [0.717, 1.165) is 11.3 Å². The van der Waals surface area contributed by atoms with Crippen LogP contribution in [0.4, 0.5) is 16.6 Å². The van der Waals surface area contributed by atoms with Crippen LogP contribution in [-0.2, 0) is 4.79 Å². The quantitative estimate of drug-likeness (QED) is 0.551. The lowest BCUT2D eigenvalue weighted by Crippen LogP contribution is -2.39. The van der Waals surface area contributed by atoms with Crippen molar-refractivity contribution in [3.05, 3.63) is 65.0 Å². The first-order valence-electron chi connectivity index (χ1n) is 9.09. The molecule has 1 amide bonds. The maximum Gasteiger partial charge on any atom is 0.240 e. The first-order chi connectivity index (χ1) is 13.9. The number of nitrogens with zero attached hydrogens (tertiary/aromatic N) is 2. The lowest BCUT2D eigenvalue weighted by molar-refractivity contribution is -0.118. The Morgan fingerprint density at radius 3 is 2.38 bits per heavy atom. The highest BCUT2D eigenvalue weighted by atomic mass is 32.1. The maximum absolute atomic E-state index is 12.8. The Hall–Kier alpha value is -3.39. The number of carbonyl (C=O) groups is 2. The van der Waals surface area contributed by atoms with Crippen LogP contribution >= 0.6 is 11.3 Å². The van der Waals surface area contributed by atoms with Gasteiger partial charge in [0.15, 0.2) is 5.13 Å². The molecular weight excluding hydrogens is 388 g/mol. The molecule has 0 fully saturated rings. The third-order valence-electron chi connectivity index (χ3n) is 4.32. The summed E-state index contributed by atoms with van der Waals surface area (Å²) in [6.07, 6.45) is 0. The summed E-state index contributed by atoms with van der Waals surface area (Å²) in [5.74, 6) is 0.0850. The summed E-state index contributed by atoms with van der Waals surface area (Å²) in [6, 6.07) is 15.4. The molecule has 0 aliphatic rings. The standard InChI is InChI=1S/C21H22N4O3S/c1-3-28-16-11-9-15(10-12-16)25(13(2)20(23)27)21-24-19(22)18(29-21)17(26)14-7-5-4-6-8-14/h4-13H,3,22H2,1-2H3,(H2,23,27)/t13-/m1/s1. The zero-order valence-corrected chi connectivity index (χ0v) is 17.0. The number of hydrogen-bond donors (Lipinski definition) is 2. The van der Waals surface area contributed by atoms with Gasteiger partial charge in [-0.25, -0.2) is 4.98 Å². The van der Waals surface area contributed by atoms with Crippen LogP contribution in [0.1, 0.15) is 29.1 Å². The molecule has 0 aliphatic heterocycles. The average molecular weight is 410 g/mol. The summed E-state index contributed by atoms with van der Waals surface area (Å²) < 4.78 is 5.47. The first kappa shape index (κ1) is 20.3. The Balaban J connectivity index is 2.01. The highest BCUT2D eigenvalue weighted by molar-refractivity contribution is 7.18. The van der Waals surface area contributed by atoms with Gasteiger partial charge in [-0.2, -0.15) is 0 Å². The van der Waals surface area contributed by atoms with E-state index in [4.69, 9.17) is 16.2 Å². The Morgan fingerprint density at radius 2 is 1.79 bits per heavy atom. The summed E-state index contributed by atoms with van der Waals surface area (Å²) >= 11 is 1.13. The molecule has 0 spiro atoms. The summed E-state index contributed by atoms with van der Waals surface area (Å²) in [7, 11) is 0. The highest BCUT2D eigenvalue weighted by Gasteiger charge is 2.27. The lowest BCUT2D eigenvalue weighted by Gasteiger charge is -2.26. The van der Waals surface area contributed by atoms with Gasteiger partial charge in [-0.15, -0.1) is 0 Å². The number of aromatic nitrogens is 1. The molecule has 8 heteroatoms. The molecule has 3 rings (SSSR count). The Morgan fingerprint density at radius 1 is 1.14 bits per heavy atom. The van der Waals surface area contributed by atoms with Gasteiger partial charge in [-0.1, -0.05) is 41.7 Å². The van der Waals surface area contributed by atoms with Crippen LogP contribution in [0.3, 0.4) is 0 Å². The highest BCUT2D eigenvalue weighted by Crippen LogP contribution is 2.36. The largest absolute Gasteiger partial charge is 0.494 e. The Kier molecular flexibility index (Phi) is 6.13. The average Bonchev–Trinajstić information content (AvgIpc) is 3.10. The molecule has 0 radical (unpaired) electrons. The predicted octanol–water partition coefficient (Wildman–Crippen LogP) is 3.37. The van der Waals surface area contributed by atoms with Gasteiger partial charge in [0.1, 0.15) is 22.5 Å². The number of hydrogen-bond acceptors (Lipinski definition) is 7. The van der Waals surface area contributed by atoms with E-state index in [0.29, 0.717) is 33.6 Å². The molecule has 0 saturated carbocycles. The maximum atomic E-state index is 12.8. The van der Waals surface area contributed by atoms with Gasteiger partial charge in [-0.05, 0) is 38.1 Å². The minimum Gasteiger partial charge on any atom is -0.494 e. The monoisotopic (exact) mass is 410 g/mol. The predicted molar refractivity (Wildman–Crippen MR) is 115 cm³/mol. The molecule has 7 nitrogen and oxygen atoms in total. The number of anilines is 3. The summed E-state index contributed by atoms with van der Waals surface area (Å²) in [4.78, 5) is 31.1. The molecule has 0 aliphatic carbocycles. The molecule has 0 saturated heterocycles. The second-order valence-corrected chi connectivity index (χ2v) is 7.26. The van der Waals surface area contributed by atoms with Crippen molar-refractivity contribution in [1.29, 1.82) is 0 Å². The van der Waals surface area contributed by atoms with Crippen molar-refractivity contribution in [3.63, 3.8) is 0 Å². The number of ketones is 1. The van der Waals surface area contributed by atoms with Gasteiger partial charge in [0.2, 0.25) is 11.7 Å². The number of nitrogen functional groups attached to an aromatic ring is 1. The summed E-state index contributed by atoms with van der Waals surface area (Å²) in [5, 5.41) is 0.414. The molecule has 1 aromatic heterocycles. The van der Waals surface area contributed by atoms with Crippen LogP contribution < -0.4 is 21.1 Å². The molecule has 150 valence electrons. The molecule has 3 aromatic rings. The first-order valence-corrected chi connectivity index (χ1v) is 9.91. The van der Waals surface area contributed by atoms with Crippen LogP contribution in [0.2, 0.25) is 0 Å². The number of rotatable bonds is 8. The van der Waals surface area contributed by atoms with E-state index in [2.05, 4.69) is 4.98 Å². The number of benzene rings is 2. The van der Waals surface area contributed by atoms with Gasteiger partial charge in [0, 0.05) is 11.3 Å². The molecule has 1 heterocycles. The van der Waals surface area contributed by atoms with Crippen LogP contribution in [0.15, 0.2) is 54.6 Å². The van der Waals surface area contributed by atoms with E-state index in [1.807, 2.05) is 13.0 Å². The fraction of sp³-hybridized carbons (Fsp3) is 0.190. The van der Waals surface area contributed by atoms with Crippen LogP contribution in [-0.4, -0.2) is 29.3 Å². The van der Waals surface area contributed by atoms with Gasteiger partial charge < -0.3 is 21.1 Å². The Labute approximate surface area is 172 Å². The van der Waals surface area contributed by atoms with E-state index in [1.165, 1.54) is 0 Å². The minimum atomic E-state index is -0.696. The number of primary amides is 1. The lowest BCUT2D eigenvalue weighted by atomic mass is 10.1. The van der Waals surface area contributed by atoms with Crippen molar-refractivity contribution in [3.8, 4) is 5.75 Å². The summed E-state index contributed by atoms with van der Waals surface area (Å²) in [6.45, 7) is 4.13. The van der Waals surface area contributed by atoms with Crippen LogP contribution in [0.25, 0.3) is 0 Å². The zero-order valence-electron chi connectivity index (χ0n) is 16.2. The second-order valence-electron chi connectivity index (χ2n) is 6.28. The smallest absolute Gasteiger partial charge is 0.240 e. The molecule has 4 N–H and O–H groups in total. The fourth-order valence-corrected chi connectivity index (χ4v) is 3.85. The van der Waals surface area contributed by atoms with Crippen molar-refractivity contribution in [2.75, 3.05) is 17.2 Å². The molecule has 29 heavy (non-hydrogen) atoms. The van der Waals surface area contributed by atoms with Gasteiger partial charge in [0.25, 0.3) is 0 Å².